The number of nitrogens with one attached hydrogen (secondary N) is 1. The molecular weight excluding hydrogens is 386 g/mol. The summed E-state index contributed by atoms with van der Waals surface area (Å²) < 4.78 is 32.2. The van der Waals surface area contributed by atoms with E-state index in [1.807, 2.05) is 30.3 Å². The van der Waals surface area contributed by atoms with Crippen LogP contribution in [-0.4, -0.2) is 27.8 Å². The Morgan fingerprint density at radius 3 is 2.50 bits per heavy atom. The highest BCUT2D eigenvalue weighted by atomic mass is 32.2. The van der Waals surface area contributed by atoms with E-state index in [-0.39, 0.29) is 5.75 Å². The predicted molar refractivity (Wildman–Crippen MR) is 110 cm³/mol. The van der Waals surface area contributed by atoms with Gasteiger partial charge in [0.2, 0.25) is 10.0 Å². The fourth-order valence-corrected chi connectivity index (χ4v) is 5.41. The van der Waals surface area contributed by atoms with Crippen molar-refractivity contribution in [3.05, 3.63) is 64.4 Å². The van der Waals surface area contributed by atoms with Crippen LogP contribution in [0.5, 0.6) is 5.75 Å². The lowest BCUT2D eigenvalue weighted by molar-refractivity contribution is 0.414. The highest BCUT2D eigenvalue weighted by Gasteiger charge is 2.11. The third-order valence-electron chi connectivity index (χ3n) is 3.94. The van der Waals surface area contributed by atoms with E-state index in [4.69, 9.17) is 4.74 Å². The van der Waals surface area contributed by atoms with Crippen LogP contribution in [0.1, 0.15) is 10.4 Å². The molecule has 0 aliphatic rings. The van der Waals surface area contributed by atoms with Gasteiger partial charge in [0.15, 0.2) is 0 Å². The summed E-state index contributed by atoms with van der Waals surface area (Å²) in [6.45, 7) is 0.426. The minimum absolute atomic E-state index is 0.0875. The molecule has 0 fully saturated rings. The third kappa shape index (κ3) is 5.41. The van der Waals surface area contributed by atoms with Crippen LogP contribution in [-0.2, 0) is 22.9 Å². The molecule has 3 aromatic rings. The fourth-order valence-electron chi connectivity index (χ4n) is 2.51. The lowest BCUT2D eigenvalue weighted by Crippen LogP contribution is -2.29. The second-order valence-electron chi connectivity index (χ2n) is 5.80. The summed E-state index contributed by atoms with van der Waals surface area (Å²) in [7, 11) is -1.67. The molecular formula is C19H21NO3S3. The first kappa shape index (κ1) is 19.1. The van der Waals surface area contributed by atoms with Gasteiger partial charge in [-0.25, -0.2) is 13.1 Å². The van der Waals surface area contributed by atoms with Crippen molar-refractivity contribution in [1.82, 2.24) is 4.72 Å². The molecule has 138 valence electrons. The van der Waals surface area contributed by atoms with Crippen molar-refractivity contribution < 1.29 is 13.2 Å². The van der Waals surface area contributed by atoms with Crippen LogP contribution >= 0.6 is 22.7 Å². The summed E-state index contributed by atoms with van der Waals surface area (Å²) in [5, 5.41) is 2.06. The fraction of sp³-hybridized carbons (Fsp3) is 0.263. The molecule has 0 radical (unpaired) electrons. The lowest BCUT2D eigenvalue weighted by Gasteiger charge is -2.07. The number of rotatable bonds is 9. The number of aryl methyl sites for hydroxylation is 1. The second-order valence-corrected chi connectivity index (χ2v) is 9.85. The molecule has 0 aliphatic carbocycles. The molecule has 2 aromatic heterocycles. The highest BCUT2D eigenvalue weighted by molar-refractivity contribution is 7.89. The van der Waals surface area contributed by atoms with Crippen molar-refractivity contribution >= 4 is 32.7 Å². The quantitative estimate of drug-likeness (QED) is 0.579. The molecule has 2 heterocycles. The average molecular weight is 408 g/mol. The highest BCUT2D eigenvalue weighted by Crippen LogP contribution is 2.31. The number of hydrogen-bond donors (Lipinski definition) is 1. The van der Waals surface area contributed by atoms with Gasteiger partial charge in [-0.05, 0) is 54.1 Å². The Labute approximate surface area is 162 Å². The smallest absolute Gasteiger partial charge is 0.211 e. The number of thiophene rings is 2. The van der Waals surface area contributed by atoms with Gasteiger partial charge in [-0.3, -0.25) is 0 Å². The topological polar surface area (TPSA) is 55.4 Å². The van der Waals surface area contributed by atoms with Crippen molar-refractivity contribution in [2.45, 2.75) is 12.8 Å². The SMILES string of the molecule is COc1ccc(CCS(=O)(=O)NCCc2ccc(-c3cccs3)s2)cc1. The predicted octanol–water partition coefficient (Wildman–Crippen LogP) is 4.19. The van der Waals surface area contributed by atoms with Gasteiger partial charge < -0.3 is 4.74 Å². The molecule has 0 spiro atoms. The van der Waals surface area contributed by atoms with E-state index in [1.165, 1.54) is 14.6 Å². The maximum absolute atomic E-state index is 12.2. The van der Waals surface area contributed by atoms with Gasteiger partial charge in [0.25, 0.3) is 0 Å². The largest absolute Gasteiger partial charge is 0.497 e. The molecule has 0 amide bonds. The molecule has 7 heteroatoms. The third-order valence-corrected chi connectivity index (χ3v) is 7.53. The van der Waals surface area contributed by atoms with Crippen molar-refractivity contribution in [2.75, 3.05) is 19.4 Å². The van der Waals surface area contributed by atoms with Crippen molar-refractivity contribution in [3.63, 3.8) is 0 Å². The summed E-state index contributed by atoms with van der Waals surface area (Å²) in [6.07, 6.45) is 1.19. The van der Waals surface area contributed by atoms with Gasteiger partial charge >= 0.3 is 0 Å². The van der Waals surface area contributed by atoms with E-state index in [0.29, 0.717) is 19.4 Å². The van der Waals surface area contributed by atoms with E-state index < -0.39 is 10.0 Å². The monoisotopic (exact) mass is 407 g/mol. The Morgan fingerprint density at radius 1 is 1.00 bits per heavy atom. The number of benzene rings is 1. The first-order chi connectivity index (χ1) is 12.6. The molecule has 0 aliphatic heterocycles. The number of methoxy groups -OCH3 is 1. The van der Waals surface area contributed by atoms with Crippen LogP contribution in [0.15, 0.2) is 53.9 Å². The minimum atomic E-state index is -3.28. The number of hydrogen-bond acceptors (Lipinski definition) is 5. The van der Waals surface area contributed by atoms with Gasteiger partial charge in [0.05, 0.1) is 12.9 Å². The van der Waals surface area contributed by atoms with Gasteiger partial charge in [-0.15, -0.1) is 22.7 Å². The molecule has 26 heavy (non-hydrogen) atoms. The van der Waals surface area contributed by atoms with Crippen LogP contribution in [0.4, 0.5) is 0 Å². The zero-order valence-electron chi connectivity index (χ0n) is 14.5. The molecule has 0 bridgehead atoms. The van der Waals surface area contributed by atoms with Crippen molar-refractivity contribution in [1.29, 1.82) is 0 Å². The van der Waals surface area contributed by atoms with Gasteiger partial charge in [0, 0.05) is 21.2 Å². The molecule has 0 atom stereocenters. The molecule has 1 aromatic carbocycles. The van der Waals surface area contributed by atoms with E-state index in [9.17, 15) is 8.42 Å². The van der Waals surface area contributed by atoms with E-state index in [2.05, 4.69) is 28.3 Å². The Morgan fingerprint density at radius 2 is 1.81 bits per heavy atom. The summed E-state index contributed by atoms with van der Waals surface area (Å²) in [5.74, 6) is 0.858. The Balaban J connectivity index is 1.46. The standard InChI is InChI=1S/C19H21NO3S3/c1-23-16-6-4-15(5-7-16)11-14-26(21,22)20-12-10-17-8-9-19(25-17)18-3-2-13-24-18/h2-9,13,20H,10-12,14H2,1H3. The molecule has 1 N–H and O–H groups in total. The van der Waals surface area contributed by atoms with E-state index in [0.717, 1.165) is 11.3 Å². The minimum Gasteiger partial charge on any atom is -0.497 e. The van der Waals surface area contributed by atoms with Crippen molar-refractivity contribution in [2.24, 2.45) is 0 Å². The first-order valence-corrected chi connectivity index (χ1v) is 11.6. The maximum Gasteiger partial charge on any atom is 0.211 e. The zero-order valence-corrected chi connectivity index (χ0v) is 16.9. The second kappa shape index (κ2) is 8.81. The number of sulfonamides is 1. The van der Waals surface area contributed by atoms with Crippen LogP contribution in [0.3, 0.4) is 0 Å². The van der Waals surface area contributed by atoms with Crippen molar-refractivity contribution in [3.8, 4) is 15.5 Å². The summed E-state index contributed by atoms with van der Waals surface area (Å²) in [6, 6.07) is 15.8. The van der Waals surface area contributed by atoms with Gasteiger partial charge in [-0.1, -0.05) is 18.2 Å². The van der Waals surface area contributed by atoms with Gasteiger partial charge in [0.1, 0.15) is 5.75 Å². The molecule has 4 nitrogen and oxygen atoms in total. The Bertz CT molecular complexity index is 913. The summed E-state index contributed by atoms with van der Waals surface area (Å²) in [4.78, 5) is 3.67. The molecule has 0 unspecified atom stereocenters. The normalized spacial score (nSPS) is 11.6. The summed E-state index contributed by atoms with van der Waals surface area (Å²) >= 11 is 3.43. The van der Waals surface area contributed by atoms with E-state index in [1.54, 1.807) is 29.8 Å². The Hall–Kier alpha value is -1.67. The summed E-state index contributed by atoms with van der Waals surface area (Å²) in [5.41, 5.74) is 0.982. The zero-order chi connectivity index (χ0) is 18.4. The van der Waals surface area contributed by atoms with E-state index >= 15 is 0 Å². The maximum atomic E-state index is 12.2. The van der Waals surface area contributed by atoms with Crippen LogP contribution in [0, 0.1) is 0 Å². The number of ether oxygens (including phenoxy) is 1. The lowest BCUT2D eigenvalue weighted by atomic mass is 10.2. The molecule has 3 rings (SSSR count). The van der Waals surface area contributed by atoms with Gasteiger partial charge in [-0.2, -0.15) is 0 Å². The Kier molecular flexibility index (Phi) is 6.48. The first-order valence-electron chi connectivity index (χ1n) is 8.28. The van der Waals surface area contributed by atoms with Crippen LogP contribution < -0.4 is 9.46 Å². The average Bonchev–Trinajstić information content (AvgIpc) is 3.32. The molecule has 0 saturated heterocycles. The van der Waals surface area contributed by atoms with Crippen LogP contribution in [0.2, 0.25) is 0 Å². The molecule has 0 saturated carbocycles. The van der Waals surface area contributed by atoms with Crippen LogP contribution in [0.25, 0.3) is 9.75 Å².